The number of rotatable bonds is 11. The summed E-state index contributed by atoms with van der Waals surface area (Å²) in [7, 11) is -2.50. The summed E-state index contributed by atoms with van der Waals surface area (Å²) >= 11 is 0. The molecule has 0 unspecified atom stereocenters. The van der Waals surface area contributed by atoms with Crippen molar-refractivity contribution in [2.75, 3.05) is 31.4 Å². The Morgan fingerprint density at radius 3 is 2.49 bits per heavy atom. The fourth-order valence-electron chi connectivity index (χ4n) is 3.59. The van der Waals surface area contributed by atoms with E-state index in [9.17, 15) is 8.42 Å². The molecule has 0 aliphatic rings. The van der Waals surface area contributed by atoms with E-state index in [4.69, 9.17) is 14.0 Å². The number of ether oxygens (including phenoxy) is 2. The number of methoxy groups -OCH3 is 1. The van der Waals surface area contributed by atoms with Gasteiger partial charge in [-0.15, -0.1) is 0 Å². The Labute approximate surface area is 205 Å². The van der Waals surface area contributed by atoms with E-state index < -0.39 is 10.0 Å². The van der Waals surface area contributed by atoms with Crippen LogP contribution in [-0.2, 0) is 26.0 Å². The van der Waals surface area contributed by atoms with Gasteiger partial charge in [0.1, 0.15) is 6.73 Å². The molecule has 0 radical (unpaired) electrons. The van der Waals surface area contributed by atoms with E-state index in [1.54, 1.807) is 51.7 Å². The quantitative estimate of drug-likeness (QED) is 0.228. The van der Waals surface area contributed by atoms with Crippen LogP contribution in [0.2, 0.25) is 0 Å². The molecule has 0 atom stereocenters. The molecule has 0 saturated carbocycles. The lowest BCUT2D eigenvalue weighted by Crippen LogP contribution is -2.34. The number of hydrogen-bond acceptors (Lipinski definition) is 7. The summed E-state index contributed by atoms with van der Waals surface area (Å²) in [5.74, 6) is 0.130. The number of sulfonamides is 1. The van der Waals surface area contributed by atoms with Crippen LogP contribution in [0.3, 0.4) is 0 Å². The van der Waals surface area contributed by atoms with Crippen molar-refractivity contribution in [2.24, 2.45) is 0 Å². The van der Waals surface area contributed by atoms with E-state index in [-0.39, 0.29) is 24.1 Å². The van der Waals surface area contributed by atoms with E-state index in [1.165, 1.54) is 0 Å². The van der Waals surface area contributed by atoms with Gasteiger partial charge in [-0.05, 0) is 31.0 Å². The average molecular weight is 497 g/mol. The predicted octanol–water partition coefficient (Wildman–Crippen LogP) is 4.02. The summed E-state index contributed by atoms with van der Waals surface area (Å²) in [6.45, 7) is 4.54. The molecule has 0 fully saturated rings. The summed E-state index contributed by atoms with van der Waals surface area (Å²) in [5, 5.41) is 3.94. The van der Waals surface area contributed by atoms with Gasteiger partial charge in [0.2, 0.25) is 5.88 Å². The third-order valence-electron chi connectivity index (χ3n) is 5.64. The molecule has 4 aromatic rings. The topological polar surface area (TPSA) is 99.7 Å². The van der Waals surface area contributed by atoms with Gasteiger partial charge in [-0.3, -0.25) is 0 Å². The molecule has 0 spiro atoms. The Kier molecular flexibility index (Phi) is 7.64. The molecule has 0 amide bonds. The van der Waals surface area contributed by atoms with Crippen LogP contribution in [0, 0.1) is 13.8 Å². The molecule has 184 valence electrons. The first-order valence-electron chi connectivity index (χ1n) is 11.1. The van der Waals surface area contributed by atoms with Gasteiger partial charge in [0.25, 0.3) is 10.0 Å². The Balaban J connectivity index is 1.69. The van der Waals surface area contributed by atoms with Crippen molar-refractivity contribution in [2.45, 2.75) is 25.3 Å². The van der Waals surface area contributed by atoms with Gasteiger partial charge in [0.15, 0.2) is 0 Å². The largest absolute Gasteiger partial charge is 0.382 e. The third-order valence-corrected chi connectivity index (χ3v) is 7.41. The molecule has 9 nitrogen and oxygen atoms in total. The molecule has 2 aromatic carbocycles. The van der Waals surface area contributed by atoms with Gasteiger partial charge in [-0.25, -0.2) is 17.7 Å². The van der Waals surface area contributed by atoms with E-state index in [0.717, 1.165) is 15.4 Å². The average Bonchev–Trinajstić information content (AvgIpc) is 3.49. The summed E-state index contributed by atoms with van der Waals surface area (Å²) in [4.78, 5) is 4.21. The zero-order chi connectivity index (χ0) is 24.8. The monoisotopic (exact) mass is 496 g/mol. The highest BCUT2D eigenvalue weighted by atomic mass is 32.2. The normalized spacial score (nSPS) is 11.6. The van der Waals surface area contributed by atoms with Gasteiger partial charge in [-0.1, -0.05) is 47.6 Å². The minimum atomic E-state index is -4.06. The molecule has 0 aliphatic heterocycles. The van der Waals surface area contributed by atoms with Crippen LogP contribution in [0.1, 0.15) is 16.8 Å². The first-order valence-corrected chi connectivity index (χ1v) is 12.5. The van der Waals surface area contributed by atoms with Crippen molar-refractivity contribution in [3.05, 3.63) is 84.1 Å². The zero-order valence-electron chi connectivity index (χ0n) is 19.9. The summed E-state index contributed by atoms with van der Waals surface area (Å²) < 4.78 is 47.0. The van der Waals surface area contributed by atoms with E-state index >= 15 is 0 Å². The molecule has 35 heavy (non-hydrogen) atoms. The molecule has 2 aromatic heterocycles. The maximum Gasteiger partial charge on any atom is 0.269 e. The second-order valence-electron chi connectivity index (χ2n) is 8.01. The standard InChI is InChI=1S/C25H28N4O5S/c1-19-20(2)27-34-25(19)29(18-33-15-14-32-3)35(30,31)24-7-5-4-6-23(24)22-10-8-21(9-11-22)16-28-13-12-26-17-28/h4-13,17H,14-16,18H2,1-3H3. The smallest absolute Gasteiger partial charge is 0.269 e. The number of anilines is 1. The summed E-state index contributed by atoms with van der Waals surface area (Å²) in [6.07, 6.45) is 5.39. The zero-order valence-corrected chi connectivity index (χ0v) is 20.7. The first-order chi connectivity index (χ1) is 16.9. The lowest BCUT2D eigenvalue weighted by Gasteiger charge is -2.23. The molecule has 0 saturated heterocycles. The van der Waals surface area contributed by atoms with Crippen LogP contribution in [-0.4, -0.2) is 50.2 Å². The number of aromatic nitrogens is 3. The second-order valence-corrected chi connectivity index (χ2v) is 9.84. The van der Waals surface area contributed by atoms with Crippen molar-refractivity contribution in [1.29, 1.82) is 0 Å². The maximum atomic E-state index is 13.9. The van der Waals surface area contributed by atoms with E-state index in [1.807, 2.05) is 41.1 Å². The molecule has 10 heteroatoms. The Bertz CT molecular complexity index is 1350. The molecule has 2 heterocycles. The summed E-state index contributed by atoms with van der Waals surface area (Å²) in [5.41, 5.74) is 3.68. The summed E-state index contributed by atoms with van der Waals surface area (Å²) in [6, 6.07) is 14.7. The highest BCUT2D eigenvalue weighted by Gasteiger charge is 2.32. The van der Waals surface area contributed by atoms with Crippen LogP contribution >= 0.6 is 0 Å². The van der Waals surface area contributed by atoms with Gasteiger partial charge in [0.05, 0.1) is 30.1 Å². The van der Waals surface area contributed by atoms with Gasteiger partial charge in [0, 0.05) is 37.2 Å². The van der Waals surface area contributed by atoms with Crippen LogP contribution in [0.15, 0.2) is 76.7 Å². The Hall–Kier alpha value is -3.47. The van der Waals surface area contributed by atoms with Crippen molar-refractivity contribution in [3.63, 3.8) is 0 Å². The van der Waals surface area contributed by atoms with Crippen LogP contribution in [0.5, 0.6) is 0 Å². The van der Waals surface area contributed by atoms with Crippen molar-refractivity contribution < 1.29 is 22.4 Å². The Morgan fingerprint density at radius 1 is 1.06 bits per heavy atom. The minimum absolute atomic E-state index is 0.130. The van der Waals surface area contributed by atoms with Gasteiger partial charge in [-0.2, -0.15) is 0 Å². The van der Waals surface area contributed by atoms with Gasteiger partial charge < -0.3 is 18.6 Å². The highest BCUT2D eigenvalue weighted by Crippen LogP contribution is 2.34. The SMILES string of the molecule is COCCOCN(c1onc(C)c1C)S(=O)(=O)c1ccccc1-c1ccc(Cn2ccnc2)cc1. The number of nitrogens with zero attached hydrogens (tertiary/aromatic N) is 4. The predicted molar refractivity (Wildman–Crippen MR) is 132 cm³/mol. The fourth-order valence-corrected chi connectivity index (χ4v) is 5.15. The van der Waals surface area contributed by atoms with Crippen molar-refractivity contribution >= 4 is 15.9 Å². The number of aryl methyl sites for hydroxylation is 1. The Morgan fingerprint density at radius 2 is 1.83 bits per heavy atom. The number of hydrogen-bond donors (Lipinski definition) is 0. The fraction of sp³-hybridized carbons (Fsp3) is 0.280. The first kappa shape index (κ1) is 24.6. The molecule has 0 bridgehead atoms. The highest BCUT2D eigenvalue weighted by molar-refractivity contribution is 7.93. The van der Waals surface area contributed by atoms with E-state index in [0.29, 0.717) is 30.0 Å². The maximum absolute atomic E-state index is 13.9. The molecular weight excluding hydrogens is 468 g/mol. The minimum Gasteiger partial charge on any atom is -0.382 e. The van der Waals surface area contributed by atoms with Crippen molar-refractivity contribution in [1.82, 2.24) is 14.7 Å². The molecule has 0 aliphatic carbocycles. The van der Waals surface area contributed by atoms with Crippen LogP contribution < -0.4 is 4.31 Å². The van der Waals surface area contributed by atoms with Crippen molar-refractivity contribution in [3.8, 4) is 11.1 Å². The second kappa shape index (κ2) is 10.9. The van der Waals surface area contributed by atoms with Crippen LogP contribution in [0.25, 0.3) is 11.1 Å². The third kappa shape index (κ3) is 5.45. The molecule has 4 rings (SSSR count). The lowest BCUT2D eigenvalue weighted by atomic mass is 10.0. The lowest BCUT2D eigenvalue weighted by molar-refractivity contribution is 0.0744. The van der Waals surface area contributed by atoms with Gasteiger partial charge >= 0.3 is 0 Å². The molecular formula is C25H28N4O5S. The van der Waals surface area contributed by atoms with Crippen LogP contribution in [0.4, 0.5) is 5.88 Å². The van der Waals surface area contributed by atoms with E-state index in [2.05, 4.69) is 10.1 Å². The molecule has 0 N–H and O–H groups in total. The number of imidazole rings is 1. The number of benzene rings is 2.